The summed E-state index contributed by atoms with van der Waals surface area (Å²) >= 11 is 0. The van der Waals surface area contributed by atoms with Crippen LogP contribution in [0.15, 0.2) is 36.4 Å². The number of benzene rings is 1. The van der Waals surface area contributed by atoms with E-state index in [0.29, 0.717) is 12.2 Å². The molecule has 0 aliphatic rings. The van der Waals surface area contributed by atoms with Gasteiger partial charge in [0, 0.05) is 26.3 Å². The van der Waals surface area contributed by atoms with Gasteiger partial charge in [0.1, 0.15) is 5.69 Å². The predicted octanol–water partition coefficient (Wildman–Crippen LogP) is 2.10. The number of carbonyl (C=O) groups is 1. The lowest BCUT2D eigenvalue weighted by molar-refractivity contribution is 0.0822. The van der Waals surface area contributed by atoms with Crippen LogP contribution in [0.5, 0.6) is 0 Å². The second kappa shape index (κ2) is 7.94. The summed E-state index contributed by atoms with van der Waals surface area (Å²) in [5.74, 6) is -0.0508. The van der Waals surface area contributed by atoms with Crippen molar-refractivity contribution < 1.29 is 9.90 Å². The molecule has 1 heterocycles. The van der Waals surface area contributed by atoms with E-state index in [-0.39, 0.29) is 18.6 Å². The molecule has 1 aromatic carbocycles. The Hall–Kier alpha value is -2.11. The Labute approximate surface area is 137 Å². The number of hydrogen-bond acceptors (Lipinski definition) is 3. The van der Waals surface area contributed by atoms with E-state index in [1.165, 1.54) is 10.5 Å². The molecule has 1 atom stereocenters. The second-order valence-electron chi connectivity index (χ2n) is 5.81. The minimum atomic E-state index is -0.128. The number of amides is 1. The number of H-pyrrole nitrogens is 1. The van der Waals surface area contributed by atoms with E-state index in [1.807, 2.05) is 18.2 Å². The fraction of sp³-hybridized carbons (Fsp3) is 0.389. The van der Waals surface area contributed by atoms with Gasteiger partial charge in [-0.15, -0.1) is 0 Å². The Balaban J connectivity index is 1.98. The third-order valence-electron chi connectivity index (χ3n) is 3.89. The number of aliphatic hydroxyl groups excluding tert-OH is 1. The van der Waals surface area contributed by atoms with Gasteiger partial charge in [-0.1, -0.05) is 31.2 Å². The smallest absolute Gasteiger partial charge is 0.269 e. The van der Waals surface area contributed by atoms with E-state index < -0.39 is 0 Å². The zero-order chi connectivity index (χ0) is 16.8. The Bertz CT molecular complexity index is 632. The van der Waals surface area contributed by atoms with Crippen LogP contribution >= 0.6 is 0 Å². The predicted molar refractivity (Wildman–Crippen MR) is 91.3 cm³/mol. The fourth-order valence-corrected chi connectivity index (χ4v) is 2.42. The molecule has 1 unspecified atom stereocenters. The normalized spacial score (nSPS) is 12.2. The highest BCUT2D eigenvalue weighted by Crippen LogP contribution is 2.15. The van der Waals surface area contributed by atoms with Crippen LogP contribution in [0.25, 0.3) is 0 Å². The summed E-state index contributed by atoms with van der Waals surface area (Å²) in [6.45, 7) is 2.70. The first-order valence-corrected chi connectivity index (χ1v) is 7.87. The molecule has 5 heteroatoms. The summed E-state index contributed by atoms with van der Waals surface area (Å²) in [6, 6.07) is 11.8. The van der Waals surface area contributed by atoms with Crippen molar-refractivity contribution in [3.8, 4) is 0 Å². The third-order valence-corrected chi connectivity index (χ3v) is 3.89. The van der Waals surface area contributed by atoms with Crippen LogP contribution in [0.3, 0.4) is 0 Å². The Morgan fingerprint density at radius 1 is 1.22 bits per heavy atom. The molecule has 3 N–H and O–H groups in total. The summed E-state index contributed by atoms with van der Waals surface area (Å²) in [5, 5.41) is 12.9. The number of aromatic amines is 1. The minimum absolute atomic E-state index is 0.0235. The molecular weight excluding hydrogens is 290 g/mol. The number of aromatic nitrogens is 1. The topological polar surface area (TPSA) is 68.4 Å². The second-order valence-corrected chi connectivity index (χ2v) is 5.81. The van der Waals surface area contributed by atoms with Gasteiger partial charge in [0.2, 0.25) is 0 Å². The Morgan fingerprint density at radius 3 is 2.48 bits per heavy atom. The Morgan fingerprint density at radius 2 is 1.91 bits per heavy atom. The van der Waals surface area contributed by atoms with Crippen molar-refractivity contribution in [3.63, 3.8) is 0 Å². The zero-order valence-electron chi connectivity index (χ0n) is 14.0. The first-order valence-electron chi connectivity index (χ1n) is 7.87. The molecule has 1 aromatic heterocycles. The number of carbonyl (C=O) groups excluding carboxylic acids is 1. The number of nitrogens with one attached hydrogen (secondary N) is 2. The molecular formula is C18H25N3O2. The van der Waals surface area contributed by atoms with Gasteiger partial charge in [-0.05, 0) is 29.7 Å². The molecule has 124 valence electrons. The van der Waals surface area contributed by atoms with Gasteiger partial charge in [-0.25, -0.2) is 0 Å². The monoisotopic (exact) mass is 315 g/mol. The molecule has 2 rings (SSSR count). The van der Waals surface area contributed by atoms with Crippen molar-refractivity contribution in [1.29, 1.82) is 0 Å². The largest absolute Gasteiger partial charge is 0.394 e. The molecule has 5 nitrogen and oxygen atoms in total. The molecule has 0 aliphatic heterocycles. The first-order chi connectivity index (χ1) is 11.0. The quantitative estimate of drug-likeness (QED) is 0.733. The van der Waals surface area contributed by atoms with Crippen LogP contribution < -0.4 is 5.32 Å². The Kier molecular flexibility index (Phi) is 5.96. The molecule has 0 saturated carbocycles. The first kappa shape index (κ1) is 17.2. The van der Waals surface area contributed by atoms with Crippen molar-refractivity contribution >= 4 is 5.91 Å². The summed E-state index contributed by atoms with van der Waals surface area (Å²) < 4.78 is 0. The number of hydrogen-bond donors (Lipinski definition) is 3. The number of aliphatic hydroxyl groups is 1. The van der Waals surface area contributed by atoms with Gasteiger partial charge in [-0.3, -0.25) is 4.79 Å². The maximum atomic E-state index is 11.9. The van der Waals surface area contributed by atoms with E-state index >= 15 is 0 Å². The molecule has 0 aliphatic carbocycles. The van der Waals surface area contributed by atoms with Gasteiger partial charge in [0.25, 0.3) is 5.91 Å². The highest BCUT2D eigenvalue weighted by molar-refractivity contribution is 5.92. The number of rotatable bonds is 7. The highest BCUT2D eigenvalue weighted by Gasteiger charge is 2.12. The van der Waals surface area contributed by atoms with E-state index in [1.54, 1.807) is 20.2 Å². The van der Waals surface area contributed by atoms with Crippen LogP contribution in [-0.2, 0) is 13.0 Å². The van der Waals surface area contributed by atoms with Crippen LogP contribution in [0, 0.1) is 0 Å². The van der Waals surface area contributed by atoms with Gasteiger partial charge in [0.15, 0.2) is 0 Å². The van der Waals surface area contributed by atoms with E-state index in [9.17, 15) is 9.90 Å². The molecule has 2 aromatic rings. The molecule has 23 heavy (non-hydrogen) atoms. The molecule has 0 fully saturated rings. The summed E-state index contributed by atoms with van der Waals surface area (Å²) in [5.41, 5.74) is 3.82. The average molecular weight is 315 g/mol. The summed E-state index contributed by atoms with van der Waals surface area (Å²) in [4.78, 5) is 16.5. The SMILES string of the molecule is CCc1ccc(C(CO)NCc2ccc(C(=O)N(C)C)[nH]2)cc1. The van der Waals surface area contributed by atoms with Crippen LogP contribution in [-0.4, -0.2) is 41.6 Å². The minimum Gasteiger partial charge on any atom is -0.394 e. The maximum Gasteiger partial charge on any atom is 0.269 e. The fourth-order valence-electron chi connectivity index (χ4n) is 2.42. The van der Waals surface area contributed by atoms with Crippen LogP contribution in [0.2, 0.25) is 0 Å². The lowest BCUT2D eigenvalue weighted by Gasteiger charge is -2.16. The number of aryl methyl sites for hydroxylation is 1. The summed E-state index contributed by atoms with van der Waals surface area (Å²) in [6.07, 6.45) is 1.00. The maximum absolute atomic E-state index is 11.9. The van der Waals surface area contributed by atoms with E-state index in [2.05, 4.69) is 29.4 Å². The van der Waals surface area contributed by atoms with Crippen LogP contribution in [0.4, 0.5) is 0 Å². The zero-order valence-corrected chi connectivity index (χ0v) is 14.0. The number of nitrogens with zero attached hydrogens (tertiary/aromatic N) is 1. The van der Waals surface area contributed by atoms with E-state index in [4.69, 9.17) is 0 Å². The van der Waals surface area contributed by atoms with Crippen LogP contribution in [0.1, 0.15) is 40.3 Å². The van der Waals surface area contributed by atoms with Gasteiger partial charge < -0.3 is 20.3 Å². The van der Waals surface area contributed by atoms with Crippen molar-refractivity contribution in [2.45, 2.75) is 25.9 Å². The van der Waals surface area contributed by atoms with Gasteiger partial charge in [0.05, 0.1) is 12.6 Å². The molecule has 0 radical (unpaired) electrons. The van der Waals surface area contributed by atoms with E-state index in [0.717, 1.165) is 17.7 Å². The standard InChI is InChI=1S/C18H25N3O2/c1-4-13-5-7-14(8-6-13)17(12-22)19-11-15-9-10-16(20-15)18(23)21(2)3/h5-10,17,19-20,22H,4,11-12H2,1-3H3. The molecule has 0 saturated heterocycles. The van der Waals surface area contributed by atoms with Gasteiger partial charge >= 0.3 is 0 Å². The molecule has 0 bridgehead atoms. The van der Waals surface area contributed by atoms with Gasteiger partial charge in [-0.2, -0.15) is 0 Å². The lowest BCUT2D eigenvalue weighted by atomic mass is 10.0. The van der Waals surface area contributed by atoms with Crippen molar-refractivity contribution in [2.24, 2.45) is 0 Å². The van der Waals surface area contributed by atoms with Crippen molar-refractivity contribution in [3.05, 3.63) is 58.9 Å². The van der Waals surface area contributed by atoms with Crippen molar-refractivity contribution in [1.82, 2.24) is 15.2 Å². The molecule has 1 amide bonds. The lowest BCUT2D eigenvalue weighted by Crippen LogP contribution is -2.24. The third kappa shape index (κ3) is 4.43. The summed E-state index contributed by atoms with van der Waals surface area (Å²) in [7, 11) is 3.45. The molecule has 0 spiro atoms. The van der Waals surface area contributed by atoms with Crippen molar-refractivity contribution in [2.75, 3.05) is 20.7 Å². The highest BCUT2D eigenvalue weighted by atomic mass is 16.3. The average Bonchev–Trinajstić information content (AvgIpc) is 3.04.